The molecule has 0 radical (unpaired) electrons. The summed E-state index contributed by atoms with van der Waals surface area (Å²) in [4.78, 5) is 22.4. The van der Waals surface area contributed by atoms with Crippen LogP contribution in [0.5, 0.6) is 5.88 Å². The number of hydrogen-bond acceptors (Lipinski definition) is 5. The van der Waals surface area contributed by atoms with Crippen molar-refractivity contribution in [2.75, 3.05) is 21.2 Å². The van der Waals surface area contributed by atoms with Gasteiger partial charge in [-0.25, -0.2) is 4.98 Å². The lowest BCUT2D eigenvalue weighted by atomic mass is 10.2. The van der Waals surface area contributed by atoms with E-state index in [1.807, 2.05) is 44.4 Å². The van der Waals surface area contributed by atoms with E-state index in [2.05, 4.69) is 9.97 Å². The molecule has 0 amide bonds. The third-order valence-electron chi connectivity index (χ3n) is 2.77. The minimum Gasteiger partial charge on any atom is -0.480 e. The average Bonchev–Trinajstić information content (AvgIpc) is 2.52. The molecule has 0 aliphatic rings. The zero-order valence-electron chi connectivity index (χ0n) is 12.3. The lowest BCUT2D eigenvalue weighted by molar-refractivity contribution is 0.104. The predicted octanol–water partition coefficient (Wildman–Crippen LogP) is 2.41. The van der Waals surface area contributed by atoms with Crippen molar-refractivity contribution in [2.24, 2.45) is 0 Å². The summed E-state index contributed by atoms with van der Waals surface area (Å²) in [6.07, 6.45) is 4.63. The Hall–Kier alpha value is -2.69. The van der Waals surface area contributed by atoms with E-state index in [1.165, 1.54) is 19.4 Å². The molecule has 5 heteroatoms. The molecule has 108 valence electrons. The molecule has 0 N–H and O–H groups in total. The van der Waals surface area contributed by atoms with Gasteiger partial charge in [-0.3, -0.25) is 4.79 Å². The summed E-state index contributed by atoms with van der Waals surface area (Å²) in [5, 5.41) is 0. The molecule has 2 aromatic rings. The molecule has 5 nitrogen and oxygen atoms in total. The first-order valence-electron chi connectivity index (χ1n) is 6.47. The van der Waals surface area contributed by atoms with E-state index < -0.39 is 0 Å². The summed E-state index contributed by atoms with van der Waals surface area (Å²) in [5.41, 5.74) is 1.22. The minimum absolute atomic E-state index is 0.194. The Balaban J connectivity index is 2.35. The summed E-state index contributed by atoms with van der Waals surface area (Å²) in [6.45, 7) is 0. The maximum absolute atomic E-state index is 12.1. The third-order valence-corrected chi connectivity index (χ3v) is 2.77. The molecule has 2 rings (SSSR count). The average molecular weight is 283 g/mol. The summed E-state index contributed by atoms with van der Waals surface area (Å²) in [5.74, 6) is 0.609. The molecule has 0 unspecified atom stereocenters. The quantitative estimate of drug-likeness (QED) is 0.623. The Bertz CT molecular complexity index is 652. The van der Waals surface area contributed by atoms with Crippen LogP contribution in [0.25, 0.3) is 11.4 Å². The smallest absolute Gasteiger partial charge is 0.228 e. The molecule has 0 fully saturated rings. The normalized spacial score (nSPS) is 10.6. The second kappa shape index (κ2) is 6.65. The standard InChI is InChI=1S/C16H17N3O2/c1-19(2)10-9-14(20)13-11-17-15(18-16(13)21-3)12-7-5-4-6-8-12/h4-11H,1-3H3. The molecule has 0 saturated heterocycles. The fraction of sp³-hybridized carbons (Fsp3) is 0.188. The second-order valence-electron chi connectivity index (χ2n) is 4.63. The fourth-order valence-corrected chi connectivity index (χ4v) is 1.72. The van der Waals surface area contributed by atoms with Crippen molar-refractivity contribution in [2.45, 2.75) is 0 Å². The van der Waals surface area contributed by atoms with Gasteiger partial charge in [0.05, 0.1) is 7.11 Å². The van der Waals surface area contributed by atoms with E-state index in [9.17, 15) is 4.79 Å². The molecule has 0 aliphatic heterocycles. The van der Waals surface area contributed by atoms with Gasteiger partial charge in [-0.15, -0.1) is 0 Å². The highest BCUT2D eigenvalue weighted by Crippen LogP contribution is 2.21. The fourth-order valence-electron chi connectivity index (χ4n) is 1.72. The first-order chi connectivity index (χ1) is 10.1. The first kappa shape index (κ1) is 14.7. The number of allylic oxidation sites excluding steroid dienone is 1. The van der Waals surface area contributed by atoms with Crippen molar-refractivity contribution in [3.63, 3.8) is 0 Å². The van der Waals surface area contributed by atoms with E-state index in [1.54, 1.807) is 11.1 Å². The molecule has 0 atom stereocenters. The molecular formula is C16H17N3O2. The molecule has 1 heterocycles. The Kier molecular flexibility index (Phi) is 4.66. The van der Waals surface area contributed by atoms with Crippen LogP contribution in [0.2, 0.25) is 0 Å². The number of nitrogens with zero attached hydrogens (tertiary/aromatic N) is 3. The van der Waals surface area contributed by atoms with Crippen LogP contribution in [0.1, 0.15) is 10.4 Å². The maximum Gasteiger partial charge on any atom is 0.228 e. The molecule has 0 spiro atoms. The Labute approximate surface area is 123 Å². The molecule has 0 bridgehead atoms. The van der Waals surface area contributed by atoms with Crippen LogP contribution >= 0.6 is 0 Å². The van der Waals surface area contributed by atoms with Crippen LogP contribution in [0, 0.1) is 0 Å². The molecule has 21 heavy (non-hydrogen) atoms. The van der Waals surface area contributed by atoms with Crippen LogP contribution in [-0.2, 0) is 0 Å². The van der Waals surface area contributed by atoms with Gasteiger partial charge >= 0.3 is 0 Å². The predicted molar refractivity (Wildman–Crippen MR) is 81.2 cm³/mol. The maximum atomic E-state index is 12.1. The van der Waals surface area contributed by atoms with Gasteiger partial charge in [0, 0.05) is 38.1 Å². The Morgan fingerprint density at radius 2 is 1.95 bits per heavy atom. The monoisotopic (exact) mass is 283 g/mol. The van der Waals surface area contributed by atoms with Crippen molar-refractivity contribution in [3.05, 3.63) is 54.4 Å². The number of aromatic nitrogens is 2. The molecule has 0 aliphatic carbocycles. The Morgan fingerprint density at radius 3 is 2.57 bits per heavy atom. The number of benzene rings is 1. The SMILES string of the molecule is COc1nc(-c2ccccc2)ncc1C(=O)C=CN(C)C. The molecule has 1 aromatic heterocycles. The van der Waals surface area contributed by atoms with E-state index in [-0.39, 0.29) is 11.7 Å². The largest absolute Gasteiger partial charge is 0.480 e. The van der Waals surface area contributed by atoms with Gasteiger partial charge in [-0.1, -0.05) is 30.3 Å². The van der Waals surface area contributed by atoms with E-state index in [0.717, 1.165) is 5.56 Å². The molecule has 1 aromatic carbocycles. The number of hydrogen-bond donors (Lipinski definition) is 0. The van der Waals surface area contributed by atoms with Crippen LogP contribution in [0.4, 0.5) is 0 Å². The number of methoxy groups -OCH3 is 1. The first-order valence-corrected chi connectivity index (χ1v) is 6.47. The van der Waals surface area contributed by atoms with Crippen LogP contribution < -0.4 is 4.74 Å². The van der Waals surface area contributed by atoms with Gasteiger partial charge in [-0.2, -0.15) is 4.98 Å². The number of rotatable bonds is 5. The highest BCUT2D eigenvalue weighted by Gasteiger charge is 2.14. The lowest BCUT2D eigenvalue weighted by Crippen LogP contribution is -2.06. The number of carbonyl (C=O) groups is 1. The minimum atomic E-state index is -0.194. The number of carbonyl (C=O) groups excluding carboxylic acids is 1. The van der Waals surface area contributed by atoms with Gasteiger partial charge in [0.2, 0.25) is 5.88 Å². The lowest BCUT2D eigenvalue weighted by Gasteiger charge is -2.07. The van der Waals surface area contributed by atoms with Gasteiger partial charge in [0.1, 0.15) is 5.56 Å². The van der Waals surface area contributed by atoms with Crippen LogP contribution in [0.3, 0.4) is 0 Å². The van der Waals surface area contributed by atoms with Crippen LogP contribution in [0.15, 0.2) is 48.8 Å². The van der Waals surface area contributed by atoms with Crippen molar-refractivity contribution < 1.29 is 9.53 Å². The van der Waals surface area contributed by atoms with Crippen molar-refractivity contribution in [1.82, 2.24) is 14.9 Å². The van der Waals surface area contributed by atoms with Gasteiger partial charge < -0.3 is 9.64 Å². The van der Waals surface area contributed by atoms with E-state index >= 15 is 0 Å². The molecular weight excluding hydrogens is 266 g/mol. The number of ketones is 1. The molecule has 0 saturated carbocycles. The van der Waals surface area contributed by atoms with Crippen molar-refractivity contribution in [3.8, 4) is 17.3 Å². The Morgan fingerprint density at radius 1 is 1.24 bits per heavy atom. The topological polar surface area (TPSA) is 55.3 Å². The second-order valence-corrected chi connectivity index (χ2v) is 4.63. The van der Waals surface area contributed by atoms with E-state index in [4.69, 9.17) is 4.74 Å². The van der Waals surface area contributed by atoms with E-state index in [0.29, 0.717) is 11.4 Å². The van der Waals surface area contributed by atoms with Crippen LogP contribution in [-0.4, -0.2) is 41.9 Å². The number of ether oxygens (including phenoxy) is 1. The van der Waals surface area contributed by atoms with Gasteiger partial charge in [0.15, 0.2) is 11.6 Å². The van der Waals surface area contributed by atoms with Crippen molar-refractivity contribution in [1.29, 1.82) is 0 Å². The zero-order chi connectivity index (χ0) is 15.2. The highest BCUT2D eigenvalue weighted by atomic mass is 16.5. The zero-order valence-corrected chi connectivity index (χ0v) is 12.3. The highest BCUT2D eigenvalue weighted by molar-refractivity contribution is 6.05. The summed E-state index contributed by atoms with van der Waals surface area (Å²) in [6, 6.07) is 9.54. The summed E-state index contributed by atoms with van der Waals surface area (Å²) in [7, 11) is 5.18. The summed E-state index contributed by atoms with van der Waals surface area (Å²) >= 11 is 0. The summed E-state index contributed by atoms with van der Waals surface area (Å²) < 4.78 is 5.22. The third kappa shape index (κ3) is 3.66. The van der Waals surface area contributed by atoms with Gasteiger partial charge in [0.25, 0.3) is 0 Å². The van der Waals surface area contributed by atoms with Gasteiger partial charge in [-0.05, 0) is 0 Å². The van der Waals surface area contributed by atoms with Crippen molar-refractivity contribution >= 4 is 5.78 Å².